The Bertz CT molecular complexity index is 1070. The van der Waals surface area contributed by atoms with E-state index in [1.54, 1.807) is 0 Å². The van der Waals surface area contributed by atoms with Gasteiger partial charge in [0.25, 0.3) is 0 Å². The van der Waals surface area contributed by atoms with Gasteiger partial charge in [0.05, 0.1) is 17.2 Å². The summed E-state index contributed by atoms with van der Waals surface area (Å²) in [5.41, 5.74) is 8.52. The lowest BCUT2D eigenvalue weighted by molar-refractivity contribution is 0.623. The van der Waals surface area contributed by atoms with Gasteiger partial charge in [-0.25, -0.2) is 10.4 Å². The fraction of sp³-hybridized carbons (Fsp3) is 0.200. The van der Waals surface area contributed by atoms with Gasteiger partial charge in [0, 0.05) is 28.2 Å². The molecule has 0 unspecified atom stereocenters. The van der Waals surface area contributed by atoms with E-state index in [4.69, 9.17) is 0 Å². The molecule has 0 amide bonds. The van der Waals surface area contributed by atoms with Crippen molar-refractivity contribution < 1.29 is 0 Å². The first-order valence-corrected chi connectivity index (χ1v) is 8.48. The molecule has 2 heterocycles. The lowest BCUT2D eigenvalue weighted by Crippen LogP contribution is -2.06. The molecule has 4 aromatic rings. The van der Waals surface area contributed by atoms with Crippen LogP contribution in [0.2, 0.25) is 0 Å². The van der Waals surface area contributed by atoms with Crippen LogP contribution in [-0.2, 0) is 0 Å². The normalized spacial score (nSPS) is 12.0. The third-order valence-corrected chi connectivity index (χ3v) is 4.41. The number of fused-ring (bicyclic) bond motifs is 2. The number of nitrogens with one attached hydrogen (secondary N) is 2. The molecule has 0 atom stereocenters. The Labute approximate surface area is 146 Å². The second-order valence-electron chi connectivity index (χ2n) is 6.47. The second-order valence-corrected chi connectivity index (χ2v) is 6.47. The van der Waals surface area contributed by atoms with E-state index in [2.05, 4.69) is 64.0 Å². The summed E-state index contributed by atoms with van der Waals surface area (Å²) in [6.45, 7) is 6.35. The van der Waals surface area contributed by atoms with Crippen molar-refractivity contribution in [3.05, 3.63) is 59.8 Å². The van der Waals surface area contributed by atoms with Crippen molar-refractivity contribution in [2.45, 2.75) is 26.8 Å². The molecule has 0 aliphatic heterocycles. The Kier molecular flexibility index (Phi) is 3.76. The fourth-order valence-corrected chi connectivity index (χ4v) is 3.27. The summed E-state index contributed by atoms with van der Waals surface area (Å²) in [7, 11) is 0. The summed E-state index contributed by atoms with van der Waals surface area (Å²) in [6.07, 6.45) is 1.86. The number of aromatic nitrogens is 3. The van der Waals surface area contributed by atoms with E-state index in [9.17, 15) is 0 Å². The second kappa shape index (κ2) is 6.09. The van der Waals surface area contributed by atoms with Gasteiger partial charge >= 0.3 is 0 Å². The summed E-state index contributed by atoms with van der Waals surface area (Å²) in [5, 5.41) is 5.62. The van der Waals surface area contributed by atoms with Gasteiger partial charge in [-0.2, -0.15) is 5.10 Å². The Hall–Kier alpha value is -3.08. The van der Waals surface area contributed by atoms with Crippen molar-refractivity contribution in [1.29, 1.82) is 0 Å². The highest BCUT2D eigenvalue weighted by molar-refractivity contribution is 6.00. The van der Waals surface area contributed by atoms with E-state index in [1.165, 1.54) is 5.39 Å². The summed E-state index contributed by atoms with van der Waals surface area (Å²) in [5.74, 6) is 0.755. The van der Waals surface area contributed by atoms with Gasteiger partial charge in [0.15, 0.2) is 0 Å². The van der Waals surface area contributed by atoms with Crippen molar-refractivity contribution in [3.8, 4) is 0 Å². The van der Waals surface area contributed by atoms with Gasteiger partial charge in [-0.05, 0) is 39.0 Å². The minimum Gasteiger partial charge on any atom is -0.358 e. The van der Waals surface area contributed by atoms with Crippen molar-refractivity contribution in [3.63, 3.8) is 0 Å². The number of para-hydroxylation sites is 3. The highest BCUT2D eigenvalue weighted by atomic mass is 15.4. The topological polar surface area (TPSA) is 58.0 Å². The minimum atomic E-state index is 0.292. The lowest BCUT2D eigenvalue weighted by Gasteiger charge is -2.11. The number of aromatic amines is 1. The largest absolute Gasteiger partial charge is 0.358 e. The zero-order valence-corrected chi connectivity index (χ0v) is 14.6. The van der Waals surface area contributed by atoms with Crippen LogP contribution >= 0.6 is 0 Å². The average molecular weight is 331 g/mol. The van der Waals surface area contributed by atoms with Gasteiger partial charge in [0.1, 0.15) is 0 Å². The van der Waals surface area contributed by atoms with Crippen molar-refractivity contribution in [2.24, 2.45) is 5.10 Å². The zero-order chi connectivity index (χ0) is 17.4. The van der Waals surface area contributed by atoms with Crippen LogP contribution in [0.25, 0.3) is 21.9 Å². The number of hydrogen-bond acceptors (Lipinski definition) is 3. The molecule has 126 valence electrons. The molecule has 0 spiro atoms. The molecule has 5 heteroatoms. The quantitative estimate of drug-likeness (QED) is 0.415. The summed E-state index contributed by atoms with van der Waals surface area (Å²) < 4.78 is 2.16. The Morgan fingerprint density at radius 2 is 1.88 bits per heavy atom. The number of hydrazone groups is 1. The van der Waals surface area contributed by atoms with Crippen LogP contribution in [0.5, 0.6) is 0 Å². The molecule has 0 saturated heterocycles. The van der Waals surface area contributed by atoms with E-state index >= 15 is 0 Å². The highest BCUT2D eigenvalue weighted by Crippen LogP contribution is 2.24. The fourth-order valence-electron chi connectivity index (χ4n) is 3.27. The first kappa shape index (κ1) is 15.4. The molecule has 0 bridgehead atoms. The Morgan fingerprint density at radius 3 is 2.72 bits per heavy atom. The molecule has 25 heavy (non-hydrogen) atoms. The molecule has 0 fully saturated rings. The SMILES string of the molecule is Cc1[nH]c2ccccc2c1/C=N/Nc1nc2ccccc2n1C(C)C. The number of aryl methyl sites for hydroxylation is 1. The third-order valence-electron chi connectivity index (χ3n) is 4.41. The van der Waals surface area contributed by atoms with E-state index < -0.39 is 0 Å². The molecule has 0 saturated carbocycles. The standard InChI is InChI=1S/C20H21N5/c1-13(2)25-19-11-7-6-10-18(19)23-20(25)24-21-12-16-14(3)22-17-9-5-4-8-15(16)17/h4-13,22H,1-3H3,(H,23,24)/b21-12+. The number of rotatable bonds is 4. The average Bonchev–Trinajstić information content (AvgIpc) is 3.12. The number of benzene rings is 2. The summed E-state index contributed by atoms with van der Waals surface area (Å²) in [6, 6.07) is 16.7. The molecular formula is C20H21N5. The van der Waals surface area contributed by atoms with Crippen LogP contribution in [0.4, 0.5) is 5.95 Å². The maximum atomic E-state index is 4.67. The molecule has 2 aromatic carbocycles. The first-order valence-electron chi connectivity index (χ1n) is 8.48. The molecule has 2 N–H and O–H groups in total. The molecule has 4 rings (SSSR count). The smallest absolute Gasteiger partial charge is 0.224 e. The van der Waals surface area contributed by atoms with Crippen molar-refractivity contribution >= 4 is 34.1 Å². The van der Waals surface area contributed by atoms with Gasteiger partial charge in [-0.1, -0.05) is 30.3 Å². The summed E-state index contributed by atoms with van der Waals surface area (Å²) in [4.78, 5) is 8.05. The first-order chi connectivity index (χ1) is 12.1. The minimum absolute atomic E-state index is 0.292. The van der Waals surface area contributed by atoms with E-state index in [0.29, 0.717) is 6.04 Å². The zero-order valence-electron chi connectivity index (χ0n) is 14.6. The highest BCUT2D eigenvalue weighted by Gasteiger charge is 2.12. The van der Waals surface area contributed by atoms with Crippen LogP contribution in [0.1, 0.15) is 31.1 Å². The van der Waals surface area contributed by atoms with Gasteiger partial charge in [-0.15, -0.1) is 0 Å². The van der Waals surface area contributed by atoms with E-state index in [1.807, 2.05) is 36.5 Å². The van der Waals surface area contributed by atoms with Crippen LogP contribution in [0, 0.1) is 6.92 Å². The molecule has 0 aliphatic carbocycles. The van der Waals surface area contributed by atoms with E-state index in [0.717, 1.165) is 33.8 Å². The molecule has 5 nitrogen and oxygen atoms in total. The van der Waals surface area contributed by atoms with Crippen LogP contribution < -0.4 is 5.43 Å². The van der Waals surface area contributed by atoms with Crippen molar-refractivity contribution in [1.82, 2.24) is 14.5 Å². The monoisotopic (exact) mass is 331 g/mol. The number of anilines is 1. The molecule has 0 aliphatic rings. The van der Waals surface area contributed by atoms with Gasteiger partial charge in [-0.3, -0.25) is 0 Å². The number of nitrogens with zero attached hydrogens (tertiary/aromatic N) is 3. The number of imidazole rings is 1. The predicted octanol–water partition coefficient (Wildman–Crippen LogP) is 4.85. The number of hydrogen-bond donors (Lipinski definition) is 2. The van der Waals surface area contributed by atoms with Crippen molar-refractivity contribution in [2.75, 3.05) is 5.43 Å². The Morgan fingerprint density at radius 1 is 1.12 bits per heavy atom. The third kappa shape index (κ3) is 2.67. The predicted molar refractivity (Wildman–Crippen MR) is 104 cm³/mol. The maximum absolute atomic E-state index is 4.67. The van der Waals surface area contributed by atoms with Crippen LogP contribution in [0.3, 0.4) is 0 Å². The summed E-state index contributed by atoms with van der Waals surface area (Å²) >= 11 is 0. The van der Waals surface area contributed by atoms with Crippen LogP contribution in [0.15, 0.2) is 53.6 Å². The lowest BCUT2D eigenvalue weighted by atomic mass is 10.1. The maximum Gasteiger partial charge on any atom is 0.224 e. The van der Waals surface area contributed by atoms with Crippen LogP contribution in [-0.4, -0.2) is 20.7 Å². The van der Waals surface area contributed by atoms with Gasteiger partial charge < -0.3 is 9.55 Å². The number of H-pyrrole nitrogens is 1. The Balaban J connectivity index is 1.69. The molecular weight excluding hydrogens is 310 g/mol. The van der Waals surface area contributed by atoms with E-state index in [-0.39, 0.29) is 0 Å². The van der Waals surface area contributed by atoms with Gasteiger partial charge in [0.2, 0.25) is 5.95 Å². The molecule has 0 radical (unpaired) electrons. The molecule has 2 aromatic heterocycles.